The van der Waals surface area contributed by atoms with E-state index in [9.17, 15) is 14.4 Å². The number of methoxy groups -OCH3 is 1. The standard InChI is InChI=1S/C18H25N3O5S/c1-4-26-11-15(23)20-6-5-12-13(9-20)27-18-16(12)17(24)19(2)10-14(22)21(18)7-8-25-3/h4-11H2,1-3H3. The second-order valence-electron chi connectivity index (χ2n) is 6.59. The minimum Gasteiger partial charge on any atom is -0.383 e. The number of nitrogens with zero attached hydrogens (tertiary/aromatic N) is 3. The number of fused-ring (bicyclic) bond motifs is 3. The molecule has 8 nitrogen and oxygen atoms in total. The molecule has 0 N–H and O–H groups in total. The van der Waals surface area contributed by atoms with Gasteiger partial charge in [-0.05, 0) is 18.9 Å². The molecule has 0 aromatic carbocycles. The molecule has 0 bridgehead atoms. The molecule has 0 aliphatic carbocycles. The SMILES string of the molecule is CCOCC(=O)N1CCc2c(sc3c2C(=O)N(C)CC(=O)N3CCOC)C1. The molecule has 3 rings (SSSR count). The number of thiophene rings is 1. The summed E-state index contributed by atoms with van der Waals surface area (Å²) in [5.74, 6) is -0.309. The molecule has 1 aromatic heterocycles. The second-order valence-corrected chi connectivity index (χ2v) is 7.67. The van der Waals surface area contributed by atoms with Gasteiger partial charge in [-0.2, -0.15) is 0 Å². The van der Waals surface area contributed by atoms with Crippen LogP contribution in [0.4, 0.5) is 5.00 Å². The van der Waals surface area contributed by atoms with Crippen molar-refractivity contribution in [2.24, 2.45) is 0 Å². The Hall–Kier alpha value is -1.97. The van der Waals surface area contributed by atoms with Gasteiger partial charge >= 0.3 is 0 Å². The third-order valence-corrected chi connectivity index (χ3v) is 6.06. The lowest BCUT2D eigenvalue weighted by Crippen LogP contribution is -2.39. The smallest absolute Gasteiger partial charge is 0.257 e. The van der Waals surface area contributed by atoms with Crippen molar-refractivity contribution in [3.63, 3.8) is 0 Å². The summed E-state index contributed by atoms with van der Waals surface area (Å²) in [6.07, 6.45) is 0.602. The molecule has 0 saturated heterocycles. The number of rotatable bonds is 6. The molecule has 148 valence electrons. The third-order valence-electron chi connectivity index (χ3n) is 4.82. The molecule has 2 aliphatic rings. The lowest BCUT2D eigenvalue weighted by Gasteiger charge is -2.27. The first kappa shape index (κ1) is 19.8. The molecular formula is C18H25N3O5S. The Morgan fingerprint density at radius 1 is 1.26 bits per heavy atom. The van der Waals surface area contributed by atoms with E-state index in [4.69, 9.17) is 9.47 Å². The predicted octanol–water partition coefficient (Wildman–Crippen LogP) is 0.734. The molecule has 27 heavy (non-hydrogen) atoms. The molecule has 0 saturated carbocycles. The van der Waals surface area contributed by atoms with Crippen LogP contribution in [0.25, 0.3) is 0 Å². The molecule has 0 radical (unpaired) electrons. The summed E-state index contributed by atoms with van der Waals surface area (Å²) in [5, 5.41) is 0.676. The Balaban J connectivity index is 1.93. The highest BCUT2D eigenvalue weighted by atomic mass is 32.1. The number of carbonyl (C=O) groups excluding carboxylic acids is 3. The topological polar surface area (TPSA) is 79.4 Å². The van der Waals surface area contributed by atoms with Gasteiger partial charge in [-0.3, -0.25) is 19.3 Å². The molecule has 2 aliphatic heterocycles. The zero-order chi connectivity index (χ0) is 19.6. The summed E-state index contributed by atoms with van der Waals surface area (Å²) < 4.78 is 10.4. The van der Waals surface area contributed by atoms with Gasteiger partial charge in [-0.15, -0.1) is 11.3 Å². The van der Waals surface area contributed by atoms with Gasteiger partial charge in [0.05, 0.1) is 25.3 Å². The van der Waals surface area contributed by atoms with Crippen LogP contribution in [-0.2, 0) is 32.0 Å². The van der Waals surface area contributed by atoms with Crippen LogP contribution < -0.4 is 4.90 Å². The predicted molar refractivity (Wildman–Crippen MR) is 101 cm³/mol. The number of carbonyl (C=O) groups is 3. The van der Waals surface area contributed by atoms with Crippen LogP contribution in [0.1, 0.15) is 27.7 Å². The highest BCUT2D eigenvalue weighted by Crippen LogP contribution is 2.41. The van der Waals surface area contributed by atoms with E-state index in [0.717, 1.165) is 10.4 Å². The van der Waals surface area contributed by atoms with Crippen molar-refractivity contribution < 1.29 is 23.9 Å². The normalized spacial score (nSPS) is 17.1. The van der Waals surface area contributed by atoms with E-state index in [0.29, 0.717) is 49.8 Å². The largest absolute Gasteiger partial charge is 0.383 e. The third kappa shape index (κ3) is 3.85. The van der Waals surface area contributed by atoms with Crippen LogP contribution in [0, 0.1) is 0 Å². The lowest BCUT2D eigenvalue weighted by atomic mass is 10.0. The number of hydrogen-bond donors (Lipinski definition) is 0. The molecule has 9 heteroatoms. The van der Waals surface area contributed by atoms with E-state index in [1.807, 2.05) is 6.92 Å². The first-order valence-corrected chi connectivity index (χ1v) is 9.84. The van der Waals surface area contributed by atoms with Crippen LogP contribution >= 0.6 is 11.3 Å². The first-order valence-electron chi connectivity index (χ1n) is 9.02. The molecule has 0 atom stereocenters. The van der Waals surface area contributed by atoms with Crippen LogP contribution in [0.3, 0.4) is 0 Å². The lowest BCUT2D eigenvalue weighted by molar-refractivity contribution is -0.136. The van der Waals surface area contributed by atoms with Crippen molar-refractivity contribution in [2.45, 2.75) is 19.9 Å². The molecule has 3 heterocycles. The highest BCUT2D eigenvalue weighted by molar-refractivity contribution is 7.17. The van der Waals surface area contributed by atoms with E-state index >= 15 is 0 Å². The Kier molecular flexibility index (Phi) is 6.13. The van der Waals surface area contributed by atoms with Gasteiger partial charge in [-0.1, -0.05) is 0 Å². The monoisotopic (exact) mass is 395 g/mol. The van der Waals surface area contributed by atoms with Crippen molar-refractivity contribution in [2.75, 3.05) is 58.5 Å². The summed E-state index contributed by atoms with van der Waals surface area (Å²) in [6.45, 7) is 4.25. The van der Waals surface area contributed by atoms with E-state index in [2.05, 4.69) is 0 Å². The van der Waals surface area contributed by atoms with Gasteiger partial charge in [0, 0.05) is 32.2 Å². The van der Waals surface area contributed by atoms with Crippen molar-refractivity contribution in [1.29, 1.82) is 0 Å². The minimum atomic E-state index is -0.134. The number of likely N-dealkylation sites (N-methyl/N-ethyl adjacent to an activating group) is 1. The van der Waals surface area contributed by atoms with Gasteiger partial charge in [-0.25, -0.2) is 0 Å². The fraction of sp³-hybridized carbons (Fsp3) is 0.611. The van der Waals surface area contributed by atoms with Gasteiger partial charge in [0.1, 0.15) is 18.2 Å². The summed E-state index contributed by atoms with van der Waals surface area (Å²) in [7, 11) is 3.23. The van der Waals surface area contributed by atoms with E-state index in [1.54, 1.807) is 24.0 Å². The fourth-order valence-electron chi connectivity index (χ4n) is 3.37. The number of hydrogen-bond acceptors (Lipinski definition) is 6. The van der Waals surface area contributed by atoms with E-state index in [-0.39, 0.29) is 30.9 Å². The first-order chi connectivity index (χ1) is 13.0. The summed E-state index contributed by atoms with van der Waals surface area (Å²) in [4.78, 5) is 43.7. The maximum absolute atomic E-state index is 12.9. The molecule has 3 amide bonds. The van der Waals surface area contributed by atoms with Crippen LogP contribution in [-0.4, -0.2) is 81.1 Å². The van der Waals surface area contributed by atoms with Crippen LogP contribution in [0.5, 0.6) is 0 Å². The summed E-state index contributed by atoms with van der Waals surface area (Å²) in [5.41, 5.74) is 1.57. The highest BCUT2D eigenvalue weighted by Gasteiger charge is 2.37. The average Bonchev–Trinajstić information content (AvgIpc) is 3.00. The van der Waals surface area contributed by atoms with Crippen LogP contribution in [0.15, 0.2) is 0 Å². The fourth-order valence-corrected chi connectivity index (χ4v) is 4.76. The van der Waals surface area contributed by atoms with E-state index in [1.165, 1.54) is 16.2 Å². The zero-order valence-electron chi connectivity index (χ0n) is 15.9. The van der Waals surface area contributed by atoms with Crippen molar-refractivity contribution >= 4 is 34.1 Å². The van der Waals surface area contributed by atoms with Crippen molar-refractivity contribution in [1.82, 2.24) is 9.80 Å². The minimum absolute atomic E-state index is 0.0533. The average molecular weight is 395 g/mol. The summed E-state index contributed by atoms with van der Waals surface area (Å²) >= 11 is 1.43. The number of anilines is 1. The molecule has 1 aromatic rings. The Morgan fingerprint density at radius 2 is 2.04 bits per heavy atom. The van der Waals surface area contributed by atoms with Gasteiger partial charge < -0.3 is 19.3 Å². The van der Waals surface area contributed by atoms with Crippen molar-refractivity contribution in [3.8, 4) is 0 Å². The number of ether oxygens (including phenoxy) is 2. The quantitative estimate of drug-likeness (QED) is 0.710. The van der Waals surface area contributed by atoms with Gasteiger partial charge in [0.15, 0.2) is 0 Å². The molecule has 0 fully saturated rings. The Morgan fingerprint density at radius 3 is 2.74 bits per heavy atom. The van der Waals surface area contributed by atoms with Gasteiger partial charge in [0.25, 0.3) is 5.91 Å². The van der Waals surface area contributed by atoms with E-state index < -0.39 is 0 Å². The van der Waals surface area contributed by atoms with Crippen LogP contribution in [0.2, 0.25) is 0 Å². The maximum Gasteiger partial charge on any atom is 0.257 e. The molecule has 0 unspecified atom stereocenters. The Labute approximate surface area is 162 Å². The zero-order valence-corrected chi connectivity index (χ0v) is 16.8. The van der Waals surface area contributed by atoms with Gasteiger partial charge in [0.2, 0.25) is 11.8 Å². The Bertz CT molecular complexity index is 748. The molecule has 0 spiro atoms. The maximum atomic E-state index is 12.9. The second kappa shape index (κ2) is 8.37. The number of amides is 3. The molecular weight excluding hydrogens is 370 g/mol. The van der Waals surface area contributed by atoms with Crippen molar-refractivity contribution in [3.05, 3.63) is 16.0 Å². The summed E-state index contributed by atoms with van der Waals surface area (Å²) in [6, 6.07) is 0.